The van der Waals surface area contributed by atoms with Gasteiger partial charge in [-0.05, 0) is 12.1 Å². The molecule has 84 valence electrons. The highest BCUT2D eigenvalue weighted by atomic mass is 19.4. The smallest absolute Gasteiger partial charge is 0.237 e. The van der Waals surface area contributed by atoms with Crippen molar-refractivity contribution in [3.63, 3.8) is 0 Å². The molecule has 2 nitrogen and oxygen atoms in total. The number of alkyl halides is 3. The normalized spacial score (nSPS) is 11.8. The number of aromatic nitrogens is 2. The average molecular weight is 230 g/mol. The summed E-state index contributed by atoms with van der Waals surface area (Å²) < 4.78 is 50.6. The van der Waals surface area contributed by atoms with Crippen molar-refractivity contribution in [2.45, 2.75) is 6.18 Å². The van der Waals surface area contributed by atoms with Crippen molar-refractivity contribution in [1.29, 1.82) is 0 Å². The lowest BCUT2D eigenvalue weighted by Gasteiger charge is -2.02. The third-order valence-electron chi connectivity index (χ3n) is 1.96. The molecule has 2 rings (SSSR count). The van der Waals surface area contributed by atoms with Crippen molar-refractivity contribution in [3.05, 3.63) is 48.0 Å². The highest BCUT2D eigenvalue weighted by Crippen LogP contribution is 2.30. The van der Waals surface area contributed by atoms with Gasteiger partial charge in [0.25, 0.3) is 0 Å². The van der Waals surface area contributed by atoms with Crippen LogP contribution in [0.4, 0.5) is 17.6 Å². The second-order valence-corrected chi connectivity index (χ2v) is 3.10. The van der Waals surface area contributed by atoms with Gasteiger partial charge in [0.1, 0.15) is 0 Å². The fraction of sp³-hybridized carbons (Fsp3) is 0.100. The highest BCUT2D eigenvalue weighted by molar-refractivity contribution is 5.31. The van der Waals surface area contributed by atoms with Crippen LogP contribution in [-0.4, -0.2) is 9.78 Å². The summed E-state index contributed by atoms with van der Waals surface area (Å²) in [4.78, 5) is 0. The van der Waals surface area contributed by atoms with Gasteiger partial charge in [0.2, 0.25) is 5.69 Å². The van der Waals surface area contributed by atoms with E-state index in [2.05, 4.69) is 5.10 Å². The van der Waals surface area contributed by atoms with Crippen molar-refractivity contribution in [1.82, 2.24) is 9.78 Å². The van der Waals surface area contributed by atoms with E-state index in [9.17, 15) is 17.6 Å². The minimum atomic E-state index is -4.77. The Hall–Kier alpha value is -1.85. The Labute approximate surface area is 88.1 Å². The lowest BCUT2D eigenvalue weighted by Crippen LogP contribution is -2.08. The highest BCUT2D eigenvalue weighted by Gasteiger charge is 2.37. The van der Waals surface area contributed by atoms with Gasteiger partial charge in [0, 0.05) is 0 Å². The van der Waals surface area contributed by atoms with Crippen LogP contribution in [0.25, 0.3) is 5.69 Å². The van der Waals surface area contributed by atoms with Crippen LogP contribution < -0.4 is 0 Å². The summed E-state index contributed by atoms with van der Waals surface area (Å²) >= 11 is 0. The molecule has 0 atom stereocenters. The summed E-state index contributed by atoms with van der Waals surface area (Å²) in [6.07, 6.45) is -4.07. The SMILES string of the molecule is Fc1cn(-c2ccccc2)nc1C(F)(F)F. The summed E-state index contributed by atoms with van der Waals surface area (Å²) in [5, 5.41) is 3.17. The number of hydrogen-bond donors (Lipinski definition) is 0. The number of nitrogens with zero attached hydrogens (tertiary/aromatic N) is 2. The Morgan fingerprint density at radius 1 is 1.06 bits per heavy atom. The molecule has 2 aromatic rings. The zero-order chi connectivity index (χ0) is 11.8. The van der Waals surface area contributed by atoms with Gasteiger partial charge in [0.15, 0.2) is 5.82 Å². The lowest BCUT2D eigenvalue weighted by molar-refractivity contribution is -0.143. The third-order valence-corrected chi connectivity index (χ3v) is 1.96. The van der Waals surface area contributed by atoms with Gasteiger partial charge in [-0.2, -0.15) is 18.3 Å². The molecule has 0 saturated carbocycles. The molecule has 1 aromatic carbocycles. The summed E-state index contributed by atoms with van der Waals surface area (Å²) in [7, 11) is 0. The molecule has 0 fully saturated rings. The van der Waals surface area contributed by atoms with Gasteiger partial charge in [-0.3, -0.25) is 0 Å². The summed E-state index contributed by atoms with van der Waals surface area (Å²) in [5.41, 5.74) is -1.13. The number of hydrogen-bond acceptors (Lipinski definition) is 1. The van der Waals surface area contributed by atoms with E-state index in [-0.39, 0.29) is 0 Å². The molecule has 0 radical (unpaired) electrons. The molecule has 0 unspecified atom stereocenters. The van der Waals surface area contributed by atoms with Crippen molar-refractivity contribution in [2.75, 3.05) is 0 Å². The van der Waals surface area contributed by atoms with Crippen molar-refractivity contribution in [2.24, 2.45) is 0 Å². The summed E-state index contributed by atoms with van der Waals surface area (Å²) in [6.45, 7) is 0. The summed E-state index contributed by atoms with van der Waals surface area (Å²) in [5.74, 6) is -1.38. The molecule has 0 saturated heterocycles. The maximum absolute atomic E-state index is 13.0. The van der Waals surface area contributed by atoms with Gasteiger partial charge in [-0.1, -0.05) is 18.2 Å². The van der Waals surface area contributed by atoms with Gasteiger partial charge in [-0.25, -0.2) is 9.07 Å². The molecular weight excluding hydrogens is 224 g/mol. The number of para-hydroxylation sites is 1. The molecular formula is C10H6F4N2. The maximum Gasteiger partial charge on any atom is 0.438 e. The number of halogens is 4. The van der Waals surface area contributed by atoms with Gasteiger partial charge in [0.05, 0.1) is 11.9 Å². The van der Waals surface area contributed by atoms with Crippen molar-refractivity contribution >= 4 is 0 Å². The molecule has 0 aliphatic rings. The first-order valence-electron chi connectivity index (χ1n) is 4.36. The predicted molar refractivity (Wildman–Crippen MR) is 48.5 cm³/mol. The molecule has 1 aromatic heterocycles. The minimum absolute atomic E-state index is 0.372. The van der Waals surface area contributed by atoms with Crippen LogP contribution in [0.15, 0.2) is 36.5 Å². The van der Waals surface area contributed by atoms with E-state index in [1.807, 2.05) is 0 Å². The lowest BCUT2D eigenvalue weighted by atomic mass is 10.3. The van der Waals surface area contributed by atoms with Crippen LogP contribution in [0, 0.1) is 5.82 Å². The maximum atomic E-state index is 13.0. The fourth-order valence-electron chi connectivity index (χ4n) is 1.26. The molecule has 0 aliphatic carbocycles. The molecule has 0 bridgehead atoms. The van der Waals surface area contributed by atoms with Crippen LogP contribution in [0.1, 0.15) is 5.69 Å². The van der Waals surface area contributed by atoms with Crippen LogP contribution in [0.2, 0.25) is 0 Å². The average Bonchev–Trinajstić information content (AvgIpc) is 2.61. The zero-order valence-electron chi connectivity index (χ0n) is 7.87. The van der Waals surface area contributed by atoms with E-state index >= 15 is 0 Å². The Kier molecular flexibility index (Phi) is 2.41. The topological polar surface area (TPSA) is 17.8 Å². The predicted octanol–water partition coefficient (Wildman–Crippen LogP) is 3.03. The molecule has 0 N–H and O–H groups in total. The summed E-state index contributed by atoms with van der Waals surface area (Å²) in [6, 6.07) is 8.03. The van der Waals surface area contributed by atoms with Crippen LogP contribution in [0.3, 0.4) is 0 Å². The molecule has 0 spiro atoms. The number of rotatable bonds is 1. The molecule has 16 heavy (non-hydrogen) atoms. The second kappa shape index (κ2) is 3.62. The quantitative estimate of drug-likeness (QED) is 0.688. The van der Waals surface area contributed by atoms with Gasteiger partial charge in [-0.15, -0.1) is 0 Å². The fourth-order valence-corrected chi connectivity index (χ4v) is 1.26. The van der Waals surface area contributed by atoms with Crippen molar-refractivity contribution < 1.29 is 17.6 Å². The monoisotopic (exact) mass is 230 g/mol. The van der Waals surface area contributed by atoms with Crippen molar-refractivity contribution in [3.8, 4) is 5.69 Å². The zero-order valence-corrected chi connectivity index (χ0v) is 7.87. The van der Waals surface area contributed by atoms with Gasteiger partial charge >= 0.3 is 6.18 Å². The van der Waals surface area contributed by atoms with E-state index in [0.29, 0.717) is 11.9 Å². The first kappa shape index (κ1) is 10.7. The number of benzene rings is 1. The van der Waals surface area contributed by atoms with E-state index in [1.165, 1.54) is 12.1 Å². The molecule has 6 heteroatoms. The third kappa shape index (κ3) is 1.91. The van der Waals surface area contributed by atoms with Crippen LogP contribution in [0.5, 0.6) is 0 Å². The Morgan fingerprint density at radius 2 is 1.69 bits per heavy atom. The molecule has 1 heterocycles. The van der Waals surface area contributed by atoms with E-state index in [0.717, 1.165) is 4.68 Å². The standard InChI is InChI=1S/C10H6F4N2/c11-8-6-16(7-4-2-1-3-5-7)15-9(8)10(12,13)14/h1-6H. The van der Waals surface area contributed by atoms with E-state index in [1.54, 1.807) is 18.2 Å². The van der Waals surface area contributed by atoms with Crippen LogP contribution >= 0.6 is 0 Å². The first-order valence-corrected chi connectivity index (χ1v) is 4.36. The van der Waals surface area contributed by atoms with E-state index in [4.69, 9.17) is 0 Å². The Balaban J connectivity index is 2.47. The first-order chi connectivity index (χ1) is 7.48. The largest absolute Gasteiger partial charge is 0.438 e. The van der Waals surface area contributed by atoms with E-state index < -0.39 is 17.7 Å². The second-order valence-electron chi connectivity index (χ2n) is 3.10. The minimum Gasteiger partial charge on any atom is -0.237 e. The Bertz CT molecular complexity index is 487. The molecule has 0 amide bonds. The van der Waals surface area contributed by atoms with Crippen LogP contribution in [-0.2, 0) is 6.18 Å². The van der Waals surface area contributed by atoms with Gasteiger partial charge < -0.3 is 0 Å². The molecule has 0 aliphatic heterocycles. The Morgan fingerprint density at radius 3 is 2.19 bits per heavy atom.